The number of rotatable bonds is 21. The summed E-state index contributed by atoms with van der Waals surface area (Å²) in [6, 6.07) is 17.9. The lowest BCUT2D eigenvalue weighted by atomic mass is 10.0. The molecule has 0 bridgehead atoms. The maximum Gasteiger partial charge on any atom is 0.408 e. The van der Waals surface area contributed by atoms with Gasteiger partial charge >= 0.3 is 12.1 Å². The lowest BCUT2D eigenvalue weighted by Crippen LogP contribution is -2.59. The minimum atomic E-state index is -1.68. The number of para-hydroxylation sites is 1. The van der Waals surface area contributed by atoms with Crippen LogP contribution in [0.5, 0.6) is 0 Å². The topological polar surface area (TPSA) is 251 Å². The third-order valence-electron chi connectivity index (χ3n) is 9.21. The standard InChI is InChI=1S/C44H52BrN7O9/c1-44(2,3)61-43(60)52-35(24-29-26-48-32-14-8-7-13-31(29)32)41(58)49-33(15-9-10-22-47-37(53)21-18-27-16-19-30(45)20-17-27)40(57)51-36(25-38(54)55)42(59)50-34(39(46)56)23-28-11-5-4-6-12-28/h4-8,11-14,16-21,26,33-36,48H,9-10,15,22-25H2,1-3H3,(H2,46,56)(H,47,53)(H,49,58)(H,50,59)(H,51,57)(H,52,60)(H,54,55)/b21-18+/t33-,34-,35-,36-/m0/s1. The maximum atomic E-state index is 14.1. The highest BCUT2D eigenvalue weighted by atomic mass is 79.9. The van der Waals surface area contributed by atoms with Crippen molar-refractivity contribution >= 4 is 74.5 Å². The SMILES string of the molecule is CC(C)(C)OC(=O)N[C@@H](Cc1c[nH]c2ccccc12)C(=O)N[C@@H](CCCCNC(=O)/C=C/c1ccc(Br)cc1)C(=O)N[C@@H](CC(=O)O)C(=O)N[C@@H](Cc1ccccc1)C(N)=O. The molecule has 0 saturated heterocycles. The molecule has 0 aliphatic carbocycles. The Morgan fingerprint density at radius 1 is 0.770 bits per heavy atom. The molecule has 4 atom stereocenters. The van der Waals surface area contributed by atoms with Crippen molar-refractivity contribution in [1.29, 1.82) is 0 Å². The summed E-state index contributed by atoms with van der Waals surface area (Å²) in [7, 11) is 0. The van der Waals surface area contributed by atoms with Crippen LogP contribution in [0.4, 0.5) is 4.79 Å². The normalized spacial score (nSPS) is 13.3. The largest absolute Gasteiger partial charge is 0.481 e. The molecular weight excluding hydrogens is 850 g/mol. The van der Waals surface area contributed by atoms with Crippen molar-refractivity contribution in [2.45, 2.75) is 89.1 Å². The first-order chi connectivity index (χ1) is 29.0. The first-order valence-electron chi connectivity index (χ1n) is 19.7. The van der Waals surface area contributed by atoms with Crippen molar-refractivity contribution in [3.63, 3.8) is 0 Å². The van der Waals surface area contributed by atoms with Gasteiger partial charge in [-0.3, -0.25) is 28.8 Å². The quantitative estimate of drug-likeness (QED) is 0.0444. The van der Waals surface area contributed by atoms with Gasteiger partial charge in [0.2, 0.25) is 29.5 Å². The number of hydrogen-bond donors (Lipinski definition) is 8. The molecule has 9 N–H and O–H groups in total. The van der Waals surface area contributed by atoms with E-state index in [2.05, 4.69) is 47.5 Å². The fraction of sp³-hybridized carbons (Fsp3) is 0.341. The molecule has 0 aliphatic heterocycles. The van der Waals surface area contributed by atoms with Gasteiger partial charge in [-0.25, -0.2) is 4.79 Å². The van der Waals surface area contributed by atoms with Crippen molar-refractivity contribution in [1.82, 2.24) is 31.6 Å². The second-order valence-corrected chi connectivity index (χ2v) is 16.2. The van der Waals surface area contributed by atoms with Gasteiger partial charge in [0.25, 0.3) is 0 Å². The number of benzene rings is 3. The zero-order valence-corrected chi connectivity index (χ0v) is 35.8. The number of carboxylic acids is 1. The van der Waals surface area contributed by atoms with Gasteiger partial charge in [-0.15, -0.1) is 0 Å². The third-order valence-corrected chi connectivity index (χ3v) is 9.74. The first-order valence-corrected chi connectivity index (χ1v) is 20.5. The summed E-state index contributed by atoms with van der Waals surface area (Å²) >= 11 is 3.37. The summed E-state index contributed by atoms with van der Waals surface area (Å²) < 4.78 is 6.35. The van der Waals surface area contributed by atoms with E-state index in [-0.39, 0.29) is 38.1 Å². The minimum absolute atomic E-state index is 0.00731. The highest BCUT2D eigenvalue weighted by molar-refractivity contribution is 9.10. The number of carbonyl (C=O) groups is 7. The van der Waals surface area contributed by atoms with Crippen LogP contribution in [0.2, 0.25) is 0 Å². The molecule has 4 rings (SSSR count). The number of aromatic nitrogens is 1. The number of hydrogen-bond acceptors (Lipinski definition) is 8. The van der Waals surface area contributed by atoms with Gasteiger partial charge in [-0.1, -0.05) is 76.6 Å². The van der Waals surface area contributed by atoms with Crippen LogP contribution in [-0.4, -0.2) is 88.0 Å². The summed E-state index contributed by atoms with van der Waals surface area (Å²) in [5, 5.41) is 23.5. The molecule has 0 radical (unpaired) electrons. The summed E-state index contributed by atoms with van der Waals surface area (Å²) in [6.07, 6.45) is 3.64. The van der Waals surface area contributed by atoms with Crippen molar-refractivity contribution in [2.75, 3.05) is 6.54 Å². The van der Waals surface area contributed by atoms with E-state index >= 15 is 0 Å². The molecule has 0 unspecified atom stereocenters. The van der Waals surface area contributed by atoms with Crippen LogP contribution in [0.1, 0.15) is 63.1 Å². The van der Waals surface area contributed by atoms with Gasteiger partial charge in [-0.05, 0) is 81.0 Å². The fourth-order valence-corrected chi connectivity index (χ4v) is 6.48. The fourth-order valence-electron chi connectivity index (χ4n) is 6.21. The van der Waals surface area contributed by atoms with Crippen LogP contribution in [0, 0.1) is 0 Å². The van der Waals surface area contributed by atoms with Crippen molar-refractivity contribution in [2.24, 2.45) is 5.73 Å². The number of carboxylic acid groups (broad SMARTS) is 1. The Hall–Kier alpha value is -6.49. The number of carbonyl (C=O) groups excluding carboxylic acids is 6. The van der Waals surface area contributed by atoms with Crippen molar-refractivity contribution in [3.05, 3.63) is 112 Å². The molecule has 1 heterocycles. The number of nitrogens with one attached hydrogen (secondary N) is 6. The second-order valence-electron chi connectivity index (χ2n) is 15.3. The van der Waals surface area contributed by atoms with E-state index in [4.69, 9.17) is 10.5 Å². The Morgan fingerprint density at radius 3 is 2.07 bits per heavy atom. The maximum absolute atomic E-state index is 14.1. The number of H-pyrrole nitrogens is 1. The molecule has 17 heteroatoms. The Kier molecular flexibility index (Phi) is 17.6. The minimum Gasteiger partial charge on any atom is -0.481 e. The molecule has 4 aromatic rings. The van der Waals surface area contributed by atoms with E-state index in [0.29, 0.717) is 17.5 Å². The molecule has 6 amide bonds. The Balaban J connectivity index is 1.53. The zero-order chi connectivity index (χ0) is 44.5. The monoisotopic (exact) mass is 901 g/mol. The number of alkyl carbamates (subject to hydrolysis) is 1. The number of amides is 6. The number of unbranched alkanes of at least 4 members (excludes halogenated alkanes) is 1. The van der Waals surface area contributed by atoms with Crippen LogP contribution in [0.3, 0.4) is 0 Å². The number of primary amides is 1. The van der Waals surface area contributed by atoms with E-state index in [0.717, 1.165) is 20.9 Å². The third kappa shape index (κ3) is 16.2. The van der Waals surface area contributed by atoms with E-state index in [9.17, 15) is 38.7 Å². The van der Waals surface area contributed by atoms with Crippen molar-refractivity contribution < 1.29 is 43.4 Å². The number of fused-ring (bicyclic) bond motifs is 1. The zero-order valence-electron chi connectivity index (χ0n) is 34.2. The average molecular weight is 903 g/mol. The number of nitrogens with two attached hydrogens (primary N) is 1. The summed E-state index contributed by atoms with van der Waals surface area (Å²) in [5.74, 6) is -5.30. The molecule has 0 aliphatic rings. The molecule has 16 nitrogen and oxygen atoms in total. The smallest absolute Gasteiger partial charge is 0.408 e. The average Bonchev–Trinajstić information content (AvgIpc) is 3.61. The number of aromatic amines is 1. The molecule has 61 heavy (non-hydrogen) atoms. The van der Waals surface area contributed by atoms with Gasteiger partial charge < -0.3 is 47.1 Å². The van der Waals surface area contributed by atoms with Crippen LogP contribution >= 0.6 is 15.9 Å². The highest BCUT2D eigenvalue weighted by Crippen LogP contribution is 2.20. The lowest BCUT2D eigenvalue weighted by Gasteiger charge is -2.26. The van der Waals surface area contributed by atoms with Crippen molar-refractivity contribution in [3.8, 4) is 0 Å². The molecule has 0 saturated carbocycles. The molecular formula is C44H52BrN7O9. The van der Waals surface area contributed by atoms with Gasteiger partial charge in [0, 0.05) is 47.0 Å². The number of aliphatic carboxylic acids is 1. The Morgan fingerprint density at radius 2 is 1.39 bits per heavy atom. The molecule has 3 aromatic carbocycles. The predicted molar refractivity (Wildman–Crippen MR) is 233 cm³/mol. The van der Waals surface area contributed by atoms with Crippen LogP contribution in [0.15, 0.2) is 95.6 Å². The Labute approximate surface area is 362 Å². The molecule has 0 fully saturated rings. The van der Waals surface area contributed by atoms with Crippen LogP contribution in [-0.2, 0) is 46.3 Å². The molecule has 324 valence electrons. The van der Waals surface area contributed by atoms with E-state index in [1.165, 1.54) is 6.08 Å². The summed E-state index contributed by atoms with van der Waals surface area (Å²) in [5.41, 5.74) is 7.67. The van der Waals surface area contributed by atoms with Gasteiger partial charge in [0.15, 0.2) is 0 Å². The van der Waals surface area contributed by atoms with Gasteiger partial charge in [-0.2, -0.15) is 0 Å². The molecule has 1 aromatic heterocycles. The van der Waals surface area contributed by atoms with Crippen LogP contribution in [0.25, 0.3) is 17.0 Å². The lowest BCUT2D eigenvalue weighted by molar-refractivity contribution is -0.141. The van der Waals surface area contributed by atoms with Gasteiger partial charge in [0.1, 0.15) is 29.8 Å². The second kappa shape index (κ2) is 22.8. The van der Waals surface area contributed by atoms with Crippen LogP contribution < -0.4 is 32.3 Å². The molecule has 0 spiro atoms. The number of halogens is 1. The Bertz CT molecular complexity index is 2190. The van der Waals surface area contributed by atoms with Gasteiger partial charge in [0.05, 0.1) is 6.42 Å². The van der Waals surface area contributed by atoms with E-state index < -0.39 is 71.9 Å². The van der Waals surface area contributed by atoms with E-state index in [1.807, 2.05) is 48.5 Å². The summed E-state index contributed by atoms with van der Waals surface area (Å²) in [6.45, 7) is 5.22. The van der Waals surface area contributed by atoms with E-state index in [1.54, 1.807) is 63.4 Å². The first kappa shape index (κ1) is 47.2. The highest BCUT2D eigenvalue weighted by Gasteiger charge is 2.33. The number of ether oxygens (including phenoxy) is 1. The summed E-state index contributed by atoms with van der Waals surface area (Å²) in [4.78, 5) is 94.6. The predicted octanol–water partition coefficient (Wildman–Crippen LogP) is 4.02.